The van der Waals surface area contributed by atoms with Gasteiger partial charge in [-0.05, 0) is 24.8 Å². The van der Waals surface area contributed by atoms with E-state index in [0.29, 0.717) is 5.92 Å². The van der Waals surface area contributed by atoms with Crippen molar-refractivity contribution in [2.45, 2.75) is 20.8 Å². The Labute approximate surface area is 69.2 Å². The Kier molecular flexibility index (Phi) is 2.38. The molecule has 0 aliphatic carbocycles. The third-order valence-electron chi connectivity index (χ3n) is 2.34. The minimum Gasteiger partial charge on any atom is -0.385 e. The predicted molar refractivity (Wildman–Crippen MR) is 49.2 cm³/mol. The van der Waals surface area contributed by atoms with Gasteiger partial charge in [-0.2, -0.15) is 0 Å². The van der Waals surface area contributed by atoms with E-state index in [1.807, 2.05) is 0 Å². The lowest BCUT2D eigenvalue weighted by Crippen LogP contribution is -2.29. The Morgan fingerprint density at radius 1 is 1.64 bits per heavy atom. The normalized spacial score (nSPS) is 24.9. The highest BCUT2D eigenvalue weighted by Crippen LogP contribution is 2.23. The molecular weight excluding hydrogens is 134 g/mol. The van der Waals surface area contributed by atoms with Gasteiger partial charge in [-0.1, -0.05) is 26.0 Å². The van der Waals surface area contributed by atoms with Crippen molar-refractivity contribution in [2.24, 2.45) is 11.8 Å². The molecule has 1 heteroatoms. The van der Waals surface area contributed by atoms with Gasteiger partial charge in [-0.3, -0.25) is 0 Å². The molecule has 0 radical (unpaired) electrons. The number of hydrogen-bond donors (Lipinski definition) is 1. The fourth-order valence-electron chi connectivity index (χ4n) is 1.60. The lowest BCUT2D eigenvalue weighted by Gasteiger charge is -2.27. The third kappa shape index (κ3) is 1.86. The van der Waals surface area contributed by atoms with E-state index in [1.165, 1.54) is 5.57 Å². The first kappa shape index (κ1) is 8.38. The van der Waals surface area contributed by atoms with E-state index in [2.05, 4.69) is 38.7 Å². The Hall–Kier alpha value is -0.720. The summed E-state index contributed by atoms with van der Waals surface area (Å²) in [5, 5.41) is 3.27. The van der Waals surface area contributed by atoms with Crippen molar-refractivity contribution >= 4 is 0 Å². The van der Waals surface area contributed by atoms with Crippen LogP contribution in [0.2, 0.25) is 0 Å². The molecule has 1 atom stereocenters. The summed E-state index contributed by atoms with van der Waals surface area (Å²) in [6.07, 6.45) is 2.15. The standard InChI is InChI=1S/C10H17N/c1-7(2)10-6-11-9(4)5-8(10)3/h5,7,10-11H,4,6H2,1-3H3. The second-order valence-electron chi connectivity index (χ2n) is 3.65. The molecule has 1 rings (SSSR count). The van der Waals surface area contributed by atoms with Crippen LogP contribution in [0.5, 0.6) is 0 Å². The summed E-state index contributed by atoms with van der Waals surface area (Å²) in [6.45, 7) is 11.6. The molecule has 1 aliphatic rings. The van der Waals surface area contributed by atoms with Crippen molar-refractivity contribution in [2.75, 3.05) is 6.54 Å². The van der Waals surface area contributed by atoms with Crippen molar-refractivity contribution in [3.8, 4) is 0 Å². The topological polar surface area (TPSA) is 12.0 Å². The molecule has 0 fully saturated rings. The molecule has 1 aliphatic heterocycles. The second kappa shape index (κ2) is 3.12. The lowest BCUT2D eigenvalue weighted by molar-refractivity contribution is 0.419. The van der Waals surface area contributed by atoms with Crippen LogP contribution in [0.3, 0.4) is 0 Å². The summed E-state index contributed by atoms with van der Waals surface area (Å²) in [7, 11) is 0. The predicted octanol–water partition coefficient (Wildman–Crippen LogP) is 2.32. The van der Waals surface area contributed by atoms with Crippen LogP contribution in [0.25, 0.3) is 0 Å². The van der Waals surface area contributed by atoms with Gasteiger partial charge in [0.15, 0.2) is 0 Å². The van der Waals surface area contributed by atoms with Crippen LogP contribution in [0.1, 0.15) is 20.8 Å². The average molecular weight is 151 g/mol. The summed E-state index contributed by atoms with van der Waals surface area (Å²) < 4.78 is 0. The van der Waals surface area contributed by atoms with Gasteiger partial charge < -0.3 is 5.32 Å². The van der Waals surface area contributed by atoms with E-state index >= 15 is 0 Å². The van der Waals surface area contributed by atoms with Gasteiger partial charge in [-0.25, -0.2) is 0 Å². The molecule has 0 saturated carbocycles. The number of nitrogens with one attached hydrogen (secondary N) is 1. The summed E-state index contributed by atoms with van der Waals surface area (Å²) in [5.74, 6) is 1.42. The zero-order valence-corrected chi connectivity index (χ0v) is 7.65. The monoisotopic (exact) mass is 151 g/mol. The zero-order chi connectivity index (χ0) is 8.43. The molecule has 0 aromatic rings. The molecule has 0 aromatic heterocycles. The number of allylic oxidation sites excluding steroid dienone is 1. The molecule has 11 heavy (non-hydrogen) atoms. The fraction of sp³-hybridized carbons (Fsp3) is 0.600. The first-order chi connectivity index (χ1) is 5.11. The van der Waals surface area contributed by atoms with E-state index in [4.69, 9.17) is 0 Å². The van der Waals surface area contributed by atoms with Crippen molar-refractivity contribution in [1.29, 1.82) is 0 Å². The number of hydrogen-bond acceptors (Lipinski definition) is 1. The summed E-state index contributed by atoms with van der Waals surface area (Å²) >= 11 is 0. The fourth-order valence-corrected chi connectivity index (χ4v) is 1.60. The summed E-state index contributed by atoms with van der Waals surface area (Å²) in [6, 6.07) is 0. The Morgan fingerprint density at radius 2 is 2.27 bits per heavy atom. The highest BCUT2D eigenvalue weighted by Gasteiger charge is 2.18. The molecular formula is C10H17N. The van der Waals surface area contributed by atoms with Crippen molar-refractivity contribution in [1.82, 2.24) is 5.32 Å². The van der Waals surface area contributed by atoms with Crippen molar-refractivity contribution in [3.63, 3.8) is 0 Å². The van der Waals surface area contributed by atoms with Crippen LogP contribution >= 0.6 is 0 Å². The van der Waals surface area contributed by atoms with E-state index < -0.39 is 0 Å². The minimum absolute atomic E-state index is 0.695. The quantitative estimate of drug-likeness (QED) is 0.606. The van der Waals surface area contributed by atoms with Gasteiger partial charge in [0, 0.05) is 12.2 Å². The van der Waals surface area contributed by atoms with Crippen LogP contribution in [-0.4, -0.2) is 6.54 Å². The van der Waals surface area contributed by atoms with Gasteiger partial charge >= 0.3 is 0 Å². The SMILES string of the molecule is C=C1C=C(C)C(C(C)C)CN1. The molecule has 0 bridgehead atoms. The highest BCUT2D eigenvalue weighted by atomic mass is 14.9. The molecule has 1 heterocycles. The van der Waals surface area contributed by atoms with Gasteiger partial charge in [0.05, 0.1) is 0 Å². The average Bonchev–Trinajstić information content (AvgIpc) is 1.85. The van der Waals surface area contributed by atoms with Crippen LogP contribution < -0.4 is 5.32 Å². The molecule has 1 unspecified atom stereocenters. The van der Waals surface area contributed by atoms with Crippen LogP contribution in [0.15, 0.2) is 23.9 Å². The van der Waals surface area contributed by atoms with Crippen LogP contribution in [0.4, 0.5) is 0 Å². The maximum atomic E-state index is 3.87. The molecule has 0 aromatic carbocycles. The zero-order valence-electron chi connectivity index (χ0n) is 7.65. The maximum Gasteiger partial charge on any atom is 0.0266 e. The van der Waals surface area contributed by atoms with E-state index in [0.717, 1.165) is 18.2 Å². The van der Waals surface area contributed by atoms with Gasteiger partial charge in [0.2, 0.25) is 0 Å². The maximum absolute atomic E-state index is 3.87. The summed E-state index contributed by atoms with van der Waals surface area (Å²) in [5.41, 5.74) is 2.52. The smallest absolute Gasteiger partial charge is 0.0266 e. The van der Waals surface area contributed by atoms with Crippen LogP contribution in [0, 0.1) is 11.8 Å². The Morgan fingerprint density at radius 3 is 2.73 bits per heavy atom. The first-order valence-electron chi connectivity index (χ1n) is 4.22. The Balaban J connectivity index is 2.72. The van der Waals surface area contributed by atoms with Crippen molar-refractivity contribution < 1.29 is 0 Å². The largest absolute Gasteiger partial charge is 0.385 e. The van der Waals surface area contributed by atoms with Gasteiger partial charge in [-0.15, -0.1) is 0 Å². The molecule has 0 amide bonds. The van der Waals surface area contributed by atoms with E-state index in [-0.39, 0.29) is 0 Å². The second-order valence-corrected chi connectivity index (χ2v) is 3.65. The highest BCUT2D eigenvalue weighted by molar-refractivity contribution is 5.24. The van der Waals surface area contributed by atoms with Gasteiger partial charge in [0.25, 0.3) is 0 Å². The van der Waals surface area contributed by atoms with Crippen LogP contribution in [-0.2, 0) is 0 Å². The Bertz CT molecular complexity index is 189. The first-order valence-corrected chi connectivity index (χ1v) is 4.22. The minimum atomic E-state index is 0.695. The van der Waals surface area contributed by atoms with E-state index in [9.17, 15) is 0 Å². The molecule has 1 nitrogen and oxygen atoms in total. The third-order valence-corrected chi connectivity index (χ3v) is 2.34. The lowest BCUT2D eigenvalue weighted by atomic mass is 9.86. The molecule has 1 N–H and O–H groups in total. The van der Waals surface area contributed by atoms with E-state index in [1.54, 1.807) is 0 Å². The summed E-state index contributed by atoms with van der Waals surface area (Å²) in [4.78, 5) is 0. The molecule has 0 saturated heterocycles. The number of rotatable bonds is 1. The van der Waals surface area contributed by atoms with Gasteiger partial charge in [0.1, 0.15) is 0 Å². The molecule has 0 spiro atoms. The molecule has 62 valence electrons. The van der Waals surface area contributed by atoms with Crippen molar-refractivity contribution in [3.05, 3.63) is 23.9 Å².